The Balaban J connectivity index is 1.63. The third-order valence-corrected chi connectivity index (χ3v) is 4.07. The highest BCUT2D eigenvalue weighted by Crippen LogP contribution is 2.14. The fourth-order valence-corrected chi connectivity index (χ4v) is 2.60. The molecule has 0 bridgehead atoms. The van der Waals surface area contributed by atoms with Gasteiger partial charge >= 0.3 is 0 Å². The molecule has 2 heterocycles. The minimum atomic E-state index is -0.224. The van der Waals surface area contributed by atoms with Gasteiger partial charge in [0.15, 0.2) is 5.82 Å². The molecule has 1 saturated heterocycles. The number of aromatic nitrogens is 3. The maximum Gasteiger partial charge on any atom is 0.247 e. The standard InChI is InChI=1S/C16H21FN6/c1-2-22-7-9-23(10-8-22)16-20-15(12-19-21-16)18-11-13-5-3-4-6-14(13)17/h3-6,12H,2,7-11H2,1H3,(H,18,20,21). The van der Waals surface area contributed by atoms with Crippen LogP contribution < -0.4 is 10.2 Å². The van der Waals surface area contributed by atoms with Gasteiger partial charge in [0, 0.05) is 38.3 Å². The second-order valence-electron chi connectivity index (χ2n) is 5.51. The molecule has 6 nitrogen and oxygen atoms in total. The van der Waals surface area contributed by atoms with Crippen molar-refractivity contribution in [1.29, 1.82) is 0 Å². The molecule has 1 aliphatic rings. The van der Waals surface area contributed by atoms with Crippen molar-refractivity contribution < 1.29 is 4.39 Å². The Morgan fingerprint density at radius 2 is 1.96 bits per heavy atom. The number of benzene rings is 1. The first-order valence-electron chi connectivity index (χ1n) is 7.90. The summed E-state index contributed by atoms with van der Waals surface area (Å²) < 4.78 is 13.6. The van der Waals surface area contributed by atoms with Crippen LogP contribution in [0.2, 0.25) is 0 Å². The highest BCUT2D eigenvalue weighted by atomic mass is 19.1. The summed E-state index contributed by atoms with van der Waals surface area (Å²) in [6, 6.07) is 6.70. The number of halogens is 1. The number of hydrogen-bond donors (Lipinski definition) is 1. The number of rotatable bonds is 5. The summed E-state index contributed by atoms with van der Waals surface area (Å²) in [5.74, 6) is 1.01. The Morgan fingerprint density at radius 3 is 2.70 bits per heavy atom. The van der Waals surface area contributed by atoms with E-state index in [1.807, 2.05) is 6.07 Å². The Labute approximate surface area is 135 Å². The van der Waals surface area contributed by atoms with Gasteiger partial charge in [0.05, 0.1) is 6.20 Å². The summed E-state index contributed by atoms with van der Waals surface area (Å²) in [5, 5.41) is 11.2. The van der Waals surface area contributed by atoms with Crippen molar-refractivity contribution in [3.63, 3.8) is 0 Å². The van der Waals surface area contributed by atoms with Gasteiger partial charge in [0.2, 0.25) is 5.95 Å². The van der Waals surface area contributed by atoms with E-state index in [2.05, 4.69) is 37.2 Å². The average molecular weight is 316 g/mol. The predicted octanol–water partition coefficient (Wildman–Crippen LogP) is 1.76. The van der Waals surface area contributed by atoms with Crippen LogP contribution in [-0.2, 0) is 6.54 Å². The van der Waals surface area contributed by atoms with E-state index >= 15 is 0 Å². The zero-order chi connectivity index (χ0) is 16.1. The Morgan fingerprint density at radius 1 is 1.17 bits per heavy atom. The van der Waals surface area contributed by atoms with E-state index in [0.717, 1.165) is 32.7 Å². The highest BCUT2D eigenvalue weighted by molar-refractivity contribution is 5.40. The topological polar surface area (TPSA) is 57.2 Å². The Bertz CT molecular complexity index is 642. The lowest BCUT2D eigenvalue weighted by Crippen LogP contribution is -2.46. The molecule has 1 aromatic heterocycles. The molecule has 1 N–H and O–H groups in total. The lowest BCUT2D eigenvalue weighted by molar-refractivity contribution is 0.269. The van der Waals surface area contributed by atoms with Gasteiger partial charge in [-0.3, -0.25) is 0 Å². The normalized spacial score (nSPS) is 15.7. The van der Waals surface area contributed by atoms with Crippen molar-refractivity contribution in [2.24, 2.45) is 0 Å². The van der Waals surface area contributed by atoms with Crippen LogP contribution in [0.25, 0.3) is 0 Å². The smallest absolute Gasteiger partial charge is 0.247 e. The minimum absolute atomic E-state index is 0.224. The molecule has 0 saturated carbocycles. The summed E-state index contributed by atoms with van der Waals surface area (Å²) in [6.45, 7) is 7.41. The number of nitrogens with zero attached hydrogens (tertiary/aromatic N) is 5. The summed E-state index contributed by atoms with van der Waals surface area (Å²) in [6.07, 6.45) is 1.56. The molecule has 1 aromatic carbocycles. The van der Waals surface area contributed by atoms with Gasteiger partial charge in [-0.2, -0.15) is 10.1 Å². The molecule has 7 heteroatoms. The number of nitrogens with one attached hydrogen (secondary N) is 1. The van der Waals surface area contributed by atoms with Gasteiger partial charge in [-0.25, -0.2) is 4.39 Å². The molecule has 3 rings (SSSR count). The lowest BCUT2D eigenvalue weighted by Gasteiger charge is -2.33. The molecule has 23 heavy (non-hydrogen) atoms. The van der Waals surface area contributed by atoms with Crippen molar-refractivity contribution in [2.45, 2.75) is 13.5 Å². The molecular weight excluding hydrogens is 295 g/mol. The Kier molecular flexibility index (Phi) is 4.97. The van der Waals surface area contributed by atoms with Crippen molar-refractivity contribution >= 4 is 11.8 Å². The third-order valence-electron chi connectivity index (χ3n) is 4.07. The van der Waals surface area contributed by atoms with E-state index in [0.29, 0.717) is 23.9 Å². The molecule has 0 atom stereocenters. The zero-order valence-electron chi connectivity index (χ0n) is 13.2. The number of anilines is 2. The van der Waals surface area contributed by atoms with Gasteiger partial charge in [0.1, 0.15) is 5.82 Å². The van der Waals surface area contributed by atoms with Crippen LogP contribution >= 0.6 is 0 Å². The van der Waals surface area contributed by atoms with Crippen LogP contribution in [0, 0.1) is 5.82 Å². The van der Waals surface area contributed by atoms with Crippen LogP contribution in [0.4, 0.5) is 16.2 Å². The van der Waals surface area contributed by atoms with Gasteiger partial charge < -0.3 is 15.1 Å². The van der Waals surface area contributed by atoms with E-state index in [-0.39, 0.29) is 5.82 Å². The molecule has 0 radical (unpaired) electrons. The van der Waals surface area contributed by atoms with Crippen LogP contribution in [0.1, 0.15) is 12.5 Å². The summed E-state index contributed by atoms with van der Waals surface area (Å²) in [7, 11) is 0. The molecular formula is C16H21FN6. The first-order valence-corrected chi connectivity index (χ1v) is 7.90. The molecule has 0 unspecified atom stereocenters. The van der Waals surface area contributed by atoms with Gasteiger partial charge in [-0.05, 0) is 12.6 Å². The van der Waals surface area contributed by atoms with E-state index in [1.54, 1.807) is 18.3 Å². The molecule has 122 valence electrons. The van der Waals surface area contributed by atoms with E-state index in [4.69, 9.17) is 0 Å². The molecule has 2 aromatic rings. The molecule has 1 aliphatic heterocycles. The summed E-state index contributed by atoms with van der Waals surface area (Å²) in [5.41, 5.74) is 0.601. The average Bonchev–Trinajstić information content (AvgIpc) is 2.61. The fraction of sp³-hybridized carbons (Fsp3) is 0.438. The highest BCUT2D eigenvalue weighted by Gasteiger charge is 2.18. The van der Waals surface area contributed by atoms with Crippen molar-refractivity contribution in [3.8, 4) is 0 Å². The summed E-state index contributed by atoms with van der Waals surface area (Å²) >= 11 is 0. The third kappa shape index (κ3) is 3.92. The van der Waals surface area contributed by atoms with Crippen molar-refractivity contribution in [1.82, 2.24) is 20.1 Å². The summed E-state index contributed by atoms with van der Waals surface area (Å²) in [4.78, 5) is 9.02. The van der Waals surface area contributed by atoms with Crippen molar-refractivity contribution in [3.05, 3.63) is 41.8 Å². The molecule has 0 amide bonds. The Hall–Kier alpha value is -2.28. The number of piperazine rings is 1. The minimum Gasteiger partial charge on any atom is -0.364 e. The van der Waals surface area contributed by atoms with Gasteiger partial charge in [-0.15, -0.1) is 5.10 Å². The number of hydrogen-bond acceptors (Lipinski definition) is 6. The quantitative estimate of drug-likeness (QED) is 0.907. The maximum absolute atomic E-state index is 13.6. The molecule has 0 aliphatic carbocycles. The van der Waals surface area contributed by atoms with Gasteiger partial charge in [0.25, 0.3) is 0 Å². The second kappa shape index (κ2) is 7.32. The van der Waals surface area contributed by atoms with E-state index in [1.165, 1.54) is 6.07 Å². The largest absolute Gasteiger partial charge is 0.364 e. The fourth-order valence-electron chi connectivity index (χ4n) is 2.60. The number of likely N-dealkylation sites (N-methyl/N-ethyl adjacent to an activating group) is 1. The molecule has 0 spiro atoms. The van der Waals surface area contributed by atoms with Crippen LogP contribution in [0.3, 0.4) is 0 Å². The van der Waals surface area contributed by atoms with Crippen molar-refractivity contribution in [2.75, 3.05) is 42.9 Å². The predicted molar refractivity (Wildman–Crippen MR) is 87.9 cm³/mol. The first kappa shape index (κ1) is 15.6. The van der Waals surface area contributed by atoms with Crippen LogP contribution in [0.15, 0.2) is 30.5 Å². The SMILES string of the molecule is CCN1CCN(c2nncc(NCc3ccccc3F)n2)CC1. The maximum atomic E-state index is 13.6. The monoisotopic (exact) mass is 316 g/mol. The lowest BCUT2D eigenvalue weighted by atomic mass is 10.2. The van der Waals surface area contributed by atoms with Crippen LogP contribution in [-0.4, -0.2) is 52.8 Å². The van der Waals surface area contributed by atoms with E-state index < -0.39 is 0 Å². The first-order chi connectivity index (χ1) is 11.3. The van der Waals surface area contributed by atoms with E-state index in [9.17, 15) is 4.39 Å². The van der Waals surface area contributed by atoms with Gasteiger partial charge in [-0.1, -0.05) is 25.1 Å². The molecule has 1 fully saturated rings. The van der Waals surface area contributed by atoms with Crippen LogP contribution in [0.5, 0.6) is 0 Å². The zero-order valence-corrected chi connectivity index (χ0v) is 13.2. The second-order valence-corrected chi connectivity index (χ2v) is 5.51.